The van der Waals surface area contributed by atoms with Crippen LogP contribution in [0.15, 0.2) is 0 Å². The Labute approximate surface area is 65.6 Å². The molecule has 6 nitrogen and oxygen atoms in total. The van der Waals surface area contributed by atoms with Gasteiger partial charge in [0.1, 0.15) is 0 Å². The summed E-state index contributed by atoms with van der Waals surface area (Å²) in [5.74, 6) is 4.96. The quantitative estimate of drug-likeness (QED) is 0.172. The lowest BCUT2D eigenvalue weighted by molar-refractivity contribution is 0.275. The van der Waals surface area contributed by atoms with Gasteiger partial charge < -0.3 is 14.7 Å². The van der Waals surface area contributed by atoms with Gasteiger partial charge in [0.05, 0.1) is 0 Å². The van der Waals surface area contributed by atoms with Gasteiger partial charge >= 0.3 is 7.82 Å². The number of rotatable bonds is 3. The molecule has 0 radical (unpaired) electrons. The van der Waals surface area contributed by atoms with Crippen LogP contribution >= 0.6 is 7.82 Å². The second kappa shape index (κ2) is 8.13. The Balaban J connectivity index is 0. The summed E-state index contributed by atoms with van der Waals surface area (Å²) < 4.78 is 8.88. The molecule has 0 saturated carbocycles. The largest absolute Gasteiger partial charge is 0.466 e. The van der Waals surface area contributed by atoms with Crippen LogP contribution in [0.25, 0.3) is 0 Å². The van der Waals surface area contributed by atoms with Crippen LogP contribution in [-0.4, -0.2) is 21.2 Å². The molecule has 11 heavy (non-hydrogen) atoms. The van der Waals surface area contributed by atoms with E-state index in [0.717, 1.165) is 6.54 Å². The Kier molecular flexibility index (Phi) is 10.1. The fourth-order valence-corrected chi connectivity index (χ4v) is 0.279. The molecule has 6 N–H and O–H groups in total. The highest BCUT2D eigenvalue weighted by Crippen LogP contribution is 2.25. The van der Waals surface area contributed by atoms with Crippen LogP contribution in [0.2, 0.25) is 0 Å². The molecule has 0 aromatic heterocycles. The minimum Gasteiger partial charge on any atom is -0.303 e. The van der Waals surface area contributed by atoms with Crippen LogP contribution < -0.4 is 11.3 Å². The van der Waals surface area contributed by atoms with Crippen molar-refractivity contribution in [1.82, 2.24) is 5.43 Å². The summed E-state index contributed by atoms with van der Waals surface area (Å²) in [6.07, 6.45) is 2.39. The SMILES string of the molecule is CCCCNN.O=P(O)(O)O. The fourth-order valence-electron chi connectivity index (χ4n) is 0.279. The van der Waals surface area contributed by atoms with Crippen LogP contribution in [0.3, 0.4) is 0 Å². The normalized spacial score (nSPS) is 10.3. The maximum absolute atomic E-state index is 8.88. The van der Waals surface area contributed by atoms with E-state index in [1.807, 2.05) is 0 Å². The first-order valence-corrected chi connectivity index (χ1v) is 4.70. The molecule has 0 bridgehead atoms. The number of hydrazine groups is 1. The van der Waals surface area contributed by atoms with Crippen molar-refractivity contribution in [2.75, 3.05) is 6.54 Å². The van der Waals surface area contributed by atoms with Gasteiger partial charge in [-0.05, 0) is 6.42 Å². The lowest BCUT2D eigenvalue weighted by Gasteiger charge is -1.89. The summed E-state index contributed by atoms with van der Waals surface area (Å²) in [5, 5.41) is 0. The van der Waals surface area contributed by atoms with Crippen LogP contribution in [0, 0.1) is 0 Å². The first-order chi connectivity index (χ1) is 4.91. The first kappa shape index (κ1) is 13.6. The molecule has 0 aliphatic heterocycles. The molecule has 0 aliphatic rings. The molecule has 0 rings (SSSR count). The minimum atomic E-state index is -4.64. The highest BCUT2D eigenvalue weighted by Gasteiger charge is 2.00. The van der Waals surface area contributed by atoms with Gasteiger partial charge in [-0.1, -0.05) is 13.3 Å². The number of hydrogen-bond donors (Lipinski definition) is 5. The second-order valence-corrected chi connectivity index (χ2v) is 2.85. The van der Waals surface area contributed by atoms with Crippen LogP contribution in [0.5, 0.6) is 0 Å². The van der Waals surface area contributed by atoms with Crippen molar-refractivity contribution >= 4 is 7.82 Å². The van der Waals surface area contributed by atoms with Crippen molar-refractivity contribution in [3.8, 4) is 0 Å². The molecule has 70 valence electrons. The van der Waals surface area contributed by atoms with E-state index in [1.54, 1.807) is 0 Å². The molecular formula is C4H15N2O4P. The molecule has 0 aromatic rings. The van der Waals surface area contributed by atoms with E-state index >= 15 is 0 Å². The zero-order valence-corrected chi connectivity index (χ0v) is 7.29. The molecule has 0 unspecified atom stereocenters. The molecule has 0 aromatic carbocycles. The summed E-state index contributed by atoms with van der Waals surface area (Å²) in [4.78, 5) is 21.6. The Morgan fingerprint density at radius 3 is 1.91 bits per heavy atom. The number of phosphoric acid groups is 1. The van der Waals surface area contributed by atoms with Gasteiger partial charge in [0, 0.05) is 6.54 Å². The monoisotopic (exact) mass is 186 g/mol. The van der Waals surface area contributed by atoms with Gasteiger partial charge in [0.25, 0.3) is 0 Å². The maximum atomic E-state index is 8.88. The van der Waals surface area contributed by atoms with Gasteiger partial charge in [-0.3, -0.25) is 11.3 Å². The van der Waals surface area contributed by atoms with Crippen molar-refractivity contribution < 1.29 is 19.2 Å². The van der Waals surface area contributed by atoms with Gasteiger partial charge in [0.2, 0.25) is 0 Å². The van der Waals surface area contributed by atoms with Gasteiger partial charge in [-0.25, -0.2) is 4.57 Å². The lowest BCUT2D eigenvalue weighted by atomic mass is 10.3. The van der Waals surface area contributed by atoms with E-state index in [0.29, 0.717) is 0 Å². The van der Waals surface area contributed by atoms with E-state index in [4.69, 9.17) is 25.1 Å². The second-order valence-electron chi connectivity index (χ2n) is 1.82. The van der Waals surface area contributed by atoms with E-state index in [1.165, 1.54) is 12.8 Å². The van der Waals surface area contributed by atoms with Gasteiger partial charge in [0.15, 0.2) is 0 Å². The Hall–Kier alpha value is 0.0300. The third-order valence-corrected chi connectivity index (χ3v) is 0.675. The zero-order chi connectivity index (χ0) is 9.33. The third kappa shape index (κ3) is 70.4. The van der Waals surface area contributed by atoms with Crippen molar-refractivity contribution in [2.24, 2.45) is 5.84 Å². The summed E-state index contributed by atoms with van der Waals surface area (Å²) >= 11 is 0. The van der Waals surface area contributed by atoms with Crippen molar-refractivity contribution in [3.05, 3.63) is 0 Å². The van der Waals surface area contributed by atoms with E-state index in [2.05, 4.69) is 12.3 Å². The molecular weight excluding hydrogens is 171 g/mol. The maximum Gasteiger partial charge on any atom is 0.466 e. The van der Waals surface area contributed by atoms with Gasteiger partial charge in [-0.2, -0.15) is 0 Å². The van der Waals surface area contributed by atoms with Crippen LogP contribution in [0.1, 0.15) is 19.8 Å². The summed E-state index contributed by atoms with van der Waals surface area (Å²) in [5.41, 5.74) is 2.57. The lowest BCUT2D eigenvalue weighted by Crippen LogP contribution is -2.22. The minimum absolute atomic E-state index is 0.941. The van der Waals surface area contributed by atoms with Gasteiger partial charge in [-0.15, -0.1) is 0 Å². The average Bonchev–Trinajstić information content (AvgIpc) is 1.79. The van der Waals surface area contributed by atoms with E-state index in [9.17, 15) is 0 Å². The predicted octanol–water partition coefficient (Wildman–Crippen LogP) is -0.679. The average molecular weight is 186 g/mol. The zero-order valence-electron chi connectivity index (χ0n) is 6.40. The van der Waals surface area contributed by atoms with E-state index in [-0.39, 0.29) is 0 Å². The van der Waals surface area contributed by atoms with Crippen LogP contribution in [-0.2, 0) is 4.57 Å². The molecule has 0 heterocycles. The first-order valence-electron chi connectivity index (χ1n) is 3.13. The molecule has 0 atom stereocenters. The summed E-state index contributed by atoms with van der Waals surface area (Å²) in [6.45, 7) is 3.08. The molecule has 0 amide bonds. The fraction of sp³-hybridized carbons (Fsp3) is 1.00. The smallest absolute Gasteiger partial charge is 0.303 e. The highest BCUT2D eigenvalue weighted by atomic mass is 31.2. The summed E-state index contributed by atoms with van der Waals surface area (Å²) in [6, 6.07) is 0. The molecule has 0 fully saturated rings. The van der Waals surface area contributed by atoms with Crippen molar-refractivity contribution in [2.45, 2.75) is 19.8 Å². The predicted molar refractivity (Wildman–Crippen MR) is 41.4 cm³/mol. The Bertz CT molecular complexity index is 102. The van der Waals surface area contributed by atoms with E-state index < -0.39 is 7.82 Å². The van der Waals surface area contributed by atoms with Crippen molar-refractivity contribution in [3.63, 3.8) is 0 Å². The summed E-state index contributed by atoms with van der Waals surface area (Å²) in [7, 11) is -4.64. The number of nitrogens with two attached hydrogens (primary N) is 1. The molecule has 0 spiro atoms. The van der Waals surface area contributed by atoms with Crippen LogP contribution in [0.4, 0.5) is 0 Å². The number of unbranched alkanes of at least 4 members (excludes halogenated alkanes) is 1. The standard InChI is InChI=1S/C4H12N2.H3O4P/c1-2-3-4-6-5;1-5(2,3)4/h6H,2-5H2,1H3;(H3,1,2,3,4). The molecule has 7 heteroatoms. The molecule has 0 aliphatic carbocycles. The molecule has 0 saturated heterocycles. The third-order valence-electron chi connectivity index (χ3n) is 0.675. The number of hydrogen-bond acceptors (Lipinski definition) is 3. The Morgan fingerprint density at radius 2 is 1.82 bits per heavy atom. The van der Waals surface area contributed by atoms with Crippen molar-refractivity contribution in [1.29, 1.82) is 0 Å². The number of nitrogens with one attached hydrogen (secondary N) is 1. The topological polar surface area (TPSA) is 116 Å². The highest BCUT2D eigenvalue weighted by molar-refractivity contribution is 7.45. The Morgan fingerprint density at radius 1 is 1.45 bits per heavy atom.